The highest BCUT2D eigenvalue weighted by Gasteiger charge is 2.10. The van der Waals surface area contributed by atoms with Crippen LogP contribution in [0.5, 0.6) is 0 Å². The molecule has 0 heterocycles. The van der Waals surface area contributed by atoms with Gasteiger partial charge < -0.3 is 10.4 Å². The minimum absolute atomic E-state index is 0.0805. The van der Waals surface area contributed by atoms with Crippen LogP contribution in [0.1, 0.15) is 56.9 Å². The molecule has 0 saturated carbocycles. The first-order valence-corrected chi connectivity index (χ1v) is 7.63. The molecule has 116 valence electrons. The molecule has 1 rings (SSSR count). The van der Waals surface area contributed by atoms with Gasteiger partial charge in [-0.25, -0.2) is 0 Å². The highest BCUT2D eigenvalue weighted by atomic mass is 16.4. The van der Waals surface area contributed by atoms with Crippen LogP contribution in [-0.4, -0.2) is 23.5 Å². The molecule has 0 fully saturated rings. The van der Waals surface area contributed by atoms with E-state index < -0.39 is 5.97 Å². The molecule has 21 heavy (non-hydrogen) atoms. The van der Waals surface area contributed by atoms with Crippen molar-refractivity contribution in [2.45, 2.75) is 51.4 Å². The molecule has 0 aliphatic rings. The number of hydrogen-bond acceptors (Lipinski definition) is 2. The van der Waals surface area contributed by atoms with E-state index >= 15 is 0 Å². The summed E-state index contributed by atoms with van der Waals surface area (Å²) in [7, 11) is 0. The summed E-state index contributed by atoms with van der Waals surface area (Å²) in [5.41, 5.74) is 1.18. The van der Waals surface area contributed by atoms with Gasteiger partial charge in [-0.15, -0.1) is 0 Å². The molecule has 1 aromatic carbocycles. The van der Waals surface area contributed by atoms with Crippen LogP contribution >= 0.6 is 0 Å². The van der Waals surface area contributed by atoms with E-state index in [1.807, 2.05) is 30.3 Å². The fourth-order valence-corrected chi connectivity index (χ4v) is 2.23. The summed E-state index contributed by atoms with van der Waals surface area (Å²) in [6.45, 7) is 2.73. The van der Waals surface area contributed by atoms with Gasteiger partial charge in [-0.1, -0.05) is 50.1 Å². The zero-order valence-electron chi connectivity index (χ0n) is 12.7. The number of amides is 1. The van der Waals surface area contributed by atoms with Gasteiger partial charge in [0, 0.05) is 19.4 Å². The number of rotatable bonds is 10. The van der Waals surface area contributed by atoms with Gasteiger partial charge in [0.1, 0.15) is 0 Å². The molecule has 1 atom stereocenters. The molecule has 0 radical (unpaired) electrons. The van der Waals surface area contributed by atoms with Crippen LogP contribution in [0, 0.1) is 0 Å². The molecule has 4 nitrogen and oxygen atoms in total. The summed E-state index contributed by atoms with van der Waals surface area (Å²) < 4.78 is 0. The second-order valence-electron chi connectivity index (χ2n) is 5.42. The SMILES string of the molecule is CC(CC(=O)NCCCCCCC(=O)O)c1ccccc1. The monoisotopic (exact) mass is 291 g/mol. The summed E-state index contributed by atoms with van der Waals surface area (Å²) in [5, 5.41) is 11.4. The van der Waals surface area contributed by atoms with Crippen molar-refractivity contribution < 1.29 is 14.7 Å². The average molecular weight is 291 g/mol. The van der Waals surface area contributed by atoms with Crippen molar-refractivity contribution in [1.82, 2.24) is 5.32 Å². The van der Waals surface area contributed by atoms with Crippen molar-refractivity contribution in [3.05, 3.63) is 35.9 Å². The largest absolute Gasteiger partial charge is 0.481 e. The predicted octanol–water partition coefficient (Wildman–Crippen LogP) is 3.33. The summed E-state index contributed by atoms with van der Waals surface area (Å²) >= 11 is 0. The fourth-order valence-electron chi connectivity index (χ4n) is 2.23. The van der Waals surface area contributed by atoms with E-state index in [1.165, 1.54) is 5.56 Å². The second-order valence-corrected chi connectivity index (χ2v) is 5.42. The lowest BCUT2D eigenvalue weighted by atomic mass is 9.97. The Balaban J connectivity index is 2.07. The first kappa shape index (κ1) is 17.2. The quantitative estimate of drug-likeness (QED) is 0.650. The normalized spacial score (nSPS) is 11.9. The lowest BCUT2D eigenvalue weighted by Gasteiger charge is -2.12. The number of hydrogen-bond donors (Lipinski definition) is 2. The maximum absolute atomic E-state index is 11.8. The zero-order valence-corrected chi connectivity index (χ0v) is 12.7. The Kier molecular flexibility index (Phi) is 8.17. The third-order valence-corrected chi connectivity index (χ3v) is 3.50. The highest BCUT2D eigenvalue weighted by Crippen LogP contribution is 2.17. The molecule has 0 spiro atoms. The molecular formula is C17H25NO3. The Morgan fingerprint density at radius 2 is 1.76 bits per heavy atom. The van der Waals surface area contributed by atoms with Crippen molar-refractivity contribution >= 4 is 11.9 Å². The number of unbranched alkanes of at least 4 members (excludes halogenated alkanes) is 3. The van der Waals surface area contributed by atoms with Gasteiger partial charge in [0.15, 0.2) is 0 Å². The minimum atomic E-state index is -0.738. The van der Waals surface area contributed by atoms with Crippen molar-refractivity contribution in [2.24, 2.45) is 0 Å². The highest BCUT2D eigenvalue weighted by molar-refractivity contribution is 5.76. The summed E-state index contributed by atoms with van der Waals surface area (Å²) in [4.78, 5) is 22.2. The third-order valence-electron chi connectivity index (χ3n) is 3.50. The Morgan fingerprint density at radius 1 is 1.10 bits per heavy atom. The van der Waals surface area contributed by atoms with Crippen LogP contribution in [0.3, 0.4) is 0 Å². The van der Waals surface area contributed by atoms with E-state index in [1.54, 1.807) is 0 Å². The van der Waals surface area contributed by atoms with Crippen LogP contribution in [0.4, 0.5) is 0 Å². The van der Waals surface area contributed by atoms with Crippen LogP contribution in [0.2, 0.25) is 0 Å². The van der Waals surface area contributed by atoms with Crippen LogP contribution in [0.25, 0.3) is 0 Å². The van der Waals surface area contributed by atoms with Gasteiger partial charge in [0.05, 0.1) is 0 Å². The second kappa shape index (κ2) is 9.97. The smallest absolute Gasteiger partial charge is 0.303 e. The summed E-state index contributed by atoms with van der Waals surface area (Å²) in [6.07, 6.45) is 4.23. The molecule has 1 aromatic rings. The number of benzene rings is 1. The maximum Gasteiger partial charge on any atom is 0.303 e. The number of carboxylic acids is 1. The van der Waals surface area contributed by atoms with Gasteiger partial charge in [-0.3, -0.25) is 9.59 Å². The van der Waals surface area contributed by atoms with E-state index in [4.69, 9.17) is 5.11 Å². The molecule has 2 N–H and O–H groups in total. The van der Waals surface area contributed by atoms with Gasteiger partial charge in [0.2, 0.25) is 5.91 Å². The lowest BCUT2D eigenvalue weighted by Crippen LogP contribution is -2.25. The third kappa shape index (κ3) is 8.12. The molecule has 0 bridgehead atoms. The van der Waals surface area contributed by atoms with Gasteiger partial charge in [0.25, 0.3) is 0 Å². The predicted molar refractivity (Wildman–Crippen MR) is 83.2 cm³/mol. The minimum Gasteiger partial charge on any atom is -0.481 e. The number of nitrogens with one attached hydrogen (secondary N) is 1. The summed E-state index contributed by atoms with van der Waals surface area (Å²) in [6, 6.07) is 10.0. The molecule has 0 aliphatic carbocycles. The van der Waals surface area contributed by atoms with E-state index in [0.717, 1.165) is 19.3 Å². The zero-order chi connectivity index (χ0) is 15.5. The van der Waals surface area contributed by atoms with E-state index in [-0.39, 0.29) is 18.2 Å². The molecule has 0 saturated heterocycles. The van der Waals surface area contributed by atoms with Crippen LogP contribution in [-0.2, 0) is 9.59 Å². The maximum atomic E-state index is 11.8. The van der Waals surface area contributed by atoms with Gasteiger partial charge in [-0.2, -0.15) is 0 Å². The Labute approximate surface area is 126 Å². The van der Waals surface area contributed by atoms with Crippen molar-refractivity contribution in [1.29, 1.82) is 0 Å². The van der Waals surface area contributed by atoms with E-state index in [2.05, 4.69) is 12.2 Å². The number of carbonyl (C=O) groups is 2. The standard InChI is InChI=1S/C17H25NO3/c1-14(15-9-5-4-6-10-15)13-16(19)18-12-8-3-2-7-11-17(20)21/h4-6,9-10,14H,2-3,7-8,11-13H2,1H3,(H,18,19)(H,20,21). The van der Waals surface area contributed by atoms with Gasteiger partial charge in [-0.05, 0) is 24.3 Å². The molecule has 0 aromatic heterocycles. The number of carboxylic acid groups (broad SMARTS) is 1. The van der Waals surface area contributed by atoms with Crippen LogP contribution < -0.4 is 5.32 Å². The molecule has 1 amide bonds. The summed E-state index contributed by atoms with van der Waals surface area (Å²) in [5.74, 6) is -0.433. The van der Waals surface area contributed by atoms with E-state index in [9.17, 15) is 9.59 Å². The Hall–Kier alpha value is -1.84. The molecule has 1 unspecified atom stereocenters. The van der Waals surface area contributed by atoms with Crippen molar-refractivity contribution in [2.75, 3.05) is 6.54 Å². The Morgan fingerprint density at radius 3 is 2.43 bits per heavy atom. The molecule has 4 heteroatoms. The number of aliphatic carboxylic acids is 1. The lowest BCUT2D eigenvalue weighted by molar-refractivity contribution is -0.137. The first-order valence-electron chi connectivity index (χ1n) is 7.63. The fraction of sp³-hybridized carbons (Fsp3) is 0.529. The molecular weight excluding hydrogens is 266 g/mol. The van der Waals surface area contributed by atoms with Crippen molar-refractivity contribution in [3.63, 3.8) is 0 Å². The number of carbonyl (C=O) groups excluding carboxylic acids is 1. The molecule has 0 aliphatic heterocycles. The Bertz CT molecular complexity index is 431. The topological polar surface area (TPSA) is 66.4 Å². The van der Waals surface area contributed by atoms with Crippen molar-refractivity contribution in [3.8, 4) is 0 Å². The van der Waals surface area contributed by atoms with Crippen LogP contribution in [0.15, 0.2) is 30.3 Å². The average Bonchev–Trinajstić information content (AvgIpc) is 2.46. The van der Waals surface area contributed by atoms with E-state index in [0.29, 0.717) is 19.4 Å². The van der Waals surface area contributed by atoms with Gasteiger partial charge >= 0.3 is 5.97 Å². The first-order chi connectivity index (χ1) is 10.1.